The third-order valence-corrected chi connectivity index (χ3v) is 3.05. The van der Waals surface area contributed by atoms with E-state index < -0.39 is 5.60 Å². The number of hydrogen-bond donors (Lipinski definition) is 2. The molecule has 25 heavy (non-hydrogen) atoms. The maximum atomic E-state index is 12.0. The van der Waals surface area contributed by atoms with Crippen LogP contribution in [0.25, 0.3) is 0 Å². The van der Waals surface area contributed by atoms with E-state index >= 15 is 0 Å². The van der Waals surface area contributed by atoms with Gasteiger partial charge in [0.15, 0.2) is 5.96 Å². The fourth-order valence-electron chi connectivity index (χ4n) is 1.86. The van der Waals surface area contributed by atoms with E-state index in [4.69, 9.17) is 15.2 Å². The third-order valence-electron chi connectivity index (χ3n) is 3.05. The number of carbonyl (C=O) groups is 1. The number of guanidine groups is 1. The highest BCUT2D eigenvalue weighted by molar-refractivity contribution is 14.0. The van der Waals surface area contributed by atoms with Crippen molar-refractivity contribution in [3.8, 4) is 5.75 Å². The molecule has 1 rings (SSSR count). The zero-order valence-electron chi connectivity index (χ0n) is 15.5. The van der Waals surface area contributed by atoms with Gasteiger partial charge in [0.1, 0.15) is 11.4 Å². The Bertz CT molecular complexity index is 556. The summed E-state index contributed by atoms with van der Waals surface area (Å²) in [6, 6.07) is 7.36. The molecule has 0 fully saturated rings. The summed E-state index contributed by atoms with van der Waals surface area (Å²) in [6.45, 7) is 8.80. The average Bonchev–Trinajstić information content (AvgIpc) is 2.50. The van der Waals surface area contributed by atoms with E-state index in [-0.39, 0.29) is 30.1 Å². The van der Waals surface area contributed by atoms with Gasteiger partial charge in [0.25, 0.3) is 0 Å². The molecule has 1 amide bonds. The highest BCUT2D eigenvalue weighted by atomic mass is 127. The van der Waals surface area contributed by atoms with Gasteiger partial charge < -0.3 is 25.4 Å². The monoisotopic (exact) mass is 464 g/mol. The Labute approximate surface area is 167 Å². The first kappa shape index (κ1) is 23.3. The van der Waals surface area contributed by atoms with Crippen LogP contribution in [-0.4, -0.2) is 49.3 Å². The van der Waals surface area contributed by atoms with E-state index in [1.54, 1.807) is 12.0 Å². The van der Waals surface area contributed by atoms with Crippen molar-refractivity contribution >= 4 is 41.7 Å². The van der Waals surface area contributed by atoms with Gasteiger partial charge in [-0.3, -0.25) is 4.99 Å². The van der Waals surface area contributed by atoms with Gasteiger partial charge in [-0.25, -0.2) is 4.79 Å². The number of likely N-dealkylation sites (N-methyl/N-ethyl adjacent to an activating group) is 1. The number of aliphatic imine (C=N–C) groups is 1. The highest BCUT2D eigenvalue weighted by Crippen LogP contribution is 2.14. The van der Waals surface area contributed by atoms with Gasteiger partial charge in [0, 0.05) is 18.8 Å². The van der Waals surface area contributed by atoms with Crippen molar-refractivity contribution in [2.24, 2.45) is 10.7 Å². The van der Waals surface area contributed by atoms with E-state index in [9.17, 15) is 4.79 Å². The molecule has 0 atom stereocenters. The number of ether oxygens (including phenoxy) is 2. The molecule has 0 heterocycles. The lowest BCUT2D eigenvalue weighted by molar-refractivity contribution is 0.0266. The highest BCUT2D eigenvalue weighted by Gasteiger charge is 2.20. The lowest BCUT2D eigenvalue weighted by Gasteiger charge is -2.26. The number of amides is 1. The van der Waals surface area contributed by atoms with Gasteiger partial charge in [-0.05, 0) is 52.0 Å². The molecule has 0 spiro atoms. The molecule has 1 aromatic carbocycles. The van der Waals surface area contributed by atoms with E-state index in [1.165, 1.54) is 0 Å². The summed E-state index contributed by atoms with van der Waals surface area (Å²) in [5.41, 5.74) is 6.16. The Kier molecular flexibility index (Phi) is 10.3. The fraction of sp³-hybridized carbons (Fsp3) is 0.529. The molecule has 0 saturated heterocycles. The number of nitrogens with two attached hydrogens (primary N) is 1. The summed E-state index contributed by atoms with van der Waals surface area (Å²) in [5.74, 6) is 1.06. The van der Waals surface area contributed by atoms with Crippen molar-refractivity contribution in [3.05, 3.63) is 24.3 Å². The van der Waals surface area contributed by atoms with Gasteiger partial charge >= 0.3 is 6.09 Å². The SMILES string of the molecule is CCN(CCN=C(N)Nc1ccc(OC)cc1)C(=O)OC(C)(C)C.I. The van der Waals surface area contributed by atoms with E-state index in [2.05, 4.69) is 10.3 Å². The van der Waals surface area contributed by atoms with Crippen LogP contribution in [0.3, 0.4) is 0 Å². The molecule has 3 N–H and O–H groups in total. The smallest absolute Gasteiger partial charge is 0.410 e. The van der Waals surface area contributed by atoms with Crippen LogP contribution in [0, 0.1) is 0 Å². The Morgan fingerprint density at radius 3 is 2.36 bits per heavy atom. The van der Waals surface area contributed by atoms with Gasteiger partial charge in [-0.15, -0.1) is 24.0 Å². The Morgan fingerprint density at radius 1 is 1.28 bits per heavy atom. The molecule has 0 aliphatic heterocycles. The normalized spacial score (nSPS) is 11.3. The number of nitrogens with zero attached hydrogens (tertiary/aromatic N) is 2. The van der Waals surface area contributed by atoms with Gasteiger partial charge in [-0.2, -0.15) is 0 Å². The summed E-state index contributed by atoms with van der Waals surface area (Å²) in [6.07, 6.45) is -0.345. The van der Waals surface area contributed by atoms with Crippen LogP contribution < -0.4 is 15.8 Å². The zero-order valence-corrected chi connectivity index (χ0v) is 17.9. The van der Waals surface area contributed by atoms with Gasteiger partial charge in [-0.1, -0.05) is 0 Å². The van der Waals surface area contributed by atoms with Crippen LogP contribution >= 0.6 is 24.0 Å². The maximum Gasteiger partial charge on any atom is 0.410 e. The van der Waals surface area contributed by atoms with Crippen LogP contribution in [0.4, 0.5) is 10.5 Å². The predicted molar refractivity (Wildman–Crippen MR) is 112 cm³/mol. The molecule has 0 radical (unpaired) electrons. The van der Waals surface area contributed by atoms with Gasteiger partial charge in [0.05, 0.1) is 13.7 Å². The van der Waals surface area contributed by atoms with E-state index in [0.717, 1.165) is 11.4 Å². The van der Waals surface area contributed by atoms with Crippen molar-refractivity contribution in [3.63, 3.8) is 0 Å². The van der Waals surface area contributed by atoms with Crippen LogP contribution in [0.15, 0.2) is 29.3 Å². The van der Waals surface area contributed by atoms with Crippen molar-refractivity contribution in [2.45, 2.75) is 33.3 Å². The quantitative estimate of drug-likeness (QED) is 0.383. The maximum absolute atomic E-state index is 12.0. The minimum Gasteiger partial charge on any atom is -0.497 e. The molecule has 0 bridgehead atoms. The van der Waals surface area contributed by atoms with Crippen molar-refractivity contribution in [2.75, 3.05) is 32.1 Å². The van der Waals surface area contributed by atoms with Crippen LogP contribution in [0.5, 0.6) is 5.75 Å². The number of methoxy groups -OCH3 is 1. The topological polar surface area (TPSA) is 89.2 Å². The van der Waals surface area contributed by atoms with Crippen LogP contribution in [0.1, 0.15) is 27.7 Å². The first-order valence-corrected chi connectivity index (χ1v) is 7.94. The molecule has 7 nitrogen and oxygen atoms in total. The molecule has 1 aromatic rings. The summed E-state index contributed by atoms with van der Waals surface area (Å²) >= 11 is 0. The number of halogens is 1. The molecule has 0 saturated carbocycles. The number of rotatable bonds is 6. The Balaban J connectivity index is 0.00000576. The van der Waals surface area contributed by atoms with Crippen molar-refractivity contribution in [1.29, 1.82) is 0 Å². The zero-order chi connectivity index (χ0) is 18.2. The average molecular weight is 464 g/mol. The predicted octanol–water partition coefficient (Wildman–Crippen LogP) is 3.30. The lowest BCUT2D eigenvalue weighted by atomic mass is 10.2. The molecule has 8 heteroatoms. The number of hydrogen-bond acceptors (Lipinski definition) is 4. The first-order chi connectivity index (χ1) is 11.2. The summed E-state index contributed by atoms with van der Waals surface area (Å²) in [5, 5.41) is 2.99. The second-order valence-corrected chi connectivity index (χ2v) is 6.18. The third kappa shape index (κ3) is 9.37. The van der Waals surface area contributed by atoms with Crippen LogP contribution in [-0.2, 0) is 4.74 Å². The minimum absolute atomic E-state index is 0. The summed E-state index contributed by atoms with van der Waals surface area (Å²) in [7, 11) is 1.61. The molecule has 0 aliphatic rings. The van der Waals surface area contributed by atoms with E-state index in [0.29, 0.717) is 25.6 Å². The van der Waals surface area contributed by atoms with Crippen molar-refractivity contribution in [1.82, 2.24) is 4.90 Å². The number of benzene rings is 1. The molecular formula is C17H29IN4O3. The standard InChI is InChI=1S/C17H28N4O3.HI/c1-6-21(16(22)24-17(2,3)4)12-11-19-15(18)20-13-7-9-14(23-5)10-8-13;/h7-10H,6,11-12H2,1-5H3,(H3,18,19,20);1H. The van der Waals surface area contributed by atoms with Gasteiger partial charge in [0.2, 0.25) is 0 Å². The number of carbonyl (C=O) groups excluding carboxylic acids is 1. The van der Waals surface area contributed by atoms with Crippen LogP contribution in [0.2, 0.25) is 0 Å². The molecular weight excluding hydrogens is 435 g/mol. The molecule has 0 aliphatic carbocycles. The summed E-state index contributed by atoms with van der Waals surface area (Å²) < 4.78 is 10.4. The molecule has 0 aromatic heterocycles. The lowest BCUT2D eigenvalue weighted by Crippen LogP contribution is -2.38. The largest absolute Gasteiger partial charge is 0.497 e. The van der Waals surface area contributed by atoms with E-state index in [1.807, 2.05) is 52.0 Å². The molecule has 142 valence electrons. The summed E-state index contributed by atoms with van der Waals surface area (Å²) in [4.78, 5) is 17.8. The number of nitrogens with one attached hydrogen (secondary N) is 1. The minimum atomic E-state index is -0.511. The first-order valence-electron chi connectivity index (χ1n) is 7.94. The van der Waals surface area contributed by atoms with Crippen molar-refractivity contribution < 1.29 is 14.3 Å². The molecule has 0 unspecified atom stereocenters. The number of anilines is 1. The second-order valence-electron chi connectivity index (χ2n) is 6.18. The Morgan fingerprint density at radius 2 is 1.88 bits per heavy atom. The fourth-order valence-corrected chi connectivity index (χ4v) is 1.86. The second kappa shape index (κ2) is 11.0. The Hall–Kier alpha value is -1.71.